The number of ether oxygens (including phenoxy) is 1. The Bertz CT molecular complexity index is 510. The third kappa shape index (κ3) is 4.13. The van der Waals surface area contributed by atoms with Crippen LogP contribution in [0.4, 0.5) is 0 Å². The molecule has 0 bridgehead atoms. The lowest BCUT2D eigenvalue weighted by atomic mass is 10.1. The van der Waals surface area contributed by atoms with E-state index in [1.807, 2.05) is 18.5 Å². The van der Waals surface area contributed by atoms with Gasteiger partial charge in [-0.15, -0.1) is 11.3 Å². The van der Waals surface area contributed by atoms with Gasteiger partial charge in [0, 0.05) is 11.3 Å². The van der Waals surface area contributed by atoms with E-state index in [4.69, 9.17) is 10.5 Å². The number of hydrogen-bond donors (Lipinski definition) is 1. The number of nitrogens with zero attached hydrogens (tertiary/aromatic N) is 1. The van der Waals surface area contributed by atoms with E-state index < -0.39 is 0 Å². The zero-order valence-electron chi connectivity index (χ0n) is 11.3. The smallest absolute Gasteiger partial charge is 0.0797 e. The molecule has 0 saturated carbocycles. The van der Waals surface area contributed by atoms with Crippen LogP contribution in [0, 0.1) is 6.92 Å². The van der Waals surface area contributed by atoms with Crippen LogP contribution in [0.15, 0.2) is 29.8 Å². The van der Waals surface area contributed by atoms with Crippen molar-refractivity contribution >= 4 is 11.3 Å². The van der Waals surface area contributed by atoms with Gasteiger partial charge in [-0.25, -0.2) is 4.98 Å². The first-order chi connectivity index (χ1) is 9.31. The molecule has 2 N–H and O–H groups in total. The highest BCUT2D eigenvalue weighted by Gasteiger charge is 2.03. The molecule has 0 fully saturated rings. The fraction of sp³-hybridized carbons (Fsp3) is 0.400. The first kappa shape index (κ1) is 14.2. The van der Waals surface area contributed by atoms with Crippen molar-refractivity contribution in [1.82, 2.24) is 4.98 Å². The van der Waals surface area contributed by atoms with Gasteiger partial charge in [-0.3, -0.25) is 0 Å². The SMILES string of the molecule is Cc1ncsc1CCOCc1ccccc1CCN. The van der Waals surface area contributed by atoms with E-state index in [1.54, 1.807) is 11.3 Å². The minimum atomic E-state index is 0.661. The first-order valence-electron chi connectivity index (χ1n) is 6.55. The van der Waals surface area contributed by atoms with Gasteiger partial charge in [-0.05, 0) is 31.0 Å². The van der Waals surface area contributed by atoms with Gasteiger partial charge < -0.3 is 10.5 Å². The van der Waals surface area contributed by atoms with Crippen molar-refractivity contribution in [1.29, 1.82) is 0 Å². The highest BCUT2D eigenvalue weighted by molar-refractivity contribution is 7.09. The number of aromatic nitrogens is 1. The molecule has 102 valence electrons. The average molecular weight is 276 g/mol. The van der Waals surface area contributed by atoms with E-state index in [0.717, 1.165) is 25.1 Å². The molecule has 0 saturated heterocycles. The zero-order valence-corrected chi connectivity index (χ0v) is 12.1. The van der Waals surface area contributed by atoms with Crippen molar-refractivity contribution in [2.24, 2.45) is 5.73 Å². The first-order valence-corrected chi connectivity index (χ1v) is 7.42. The molecule has 1 heterocycles. The summed E-state index contributed by atoms with van der Waals surface area (Å²) in [6.45, 7) is 4.12. The second-order valence-corrected chi connectivity index (χ2v) is 5.41. The minimum Gasteiger partial charge on any atom is -0.376 e. The third-order valence-electron chi connectivity index (χ3n) is 3.11. The molecule has 1 aromatic heterocycles. The van der Waals surface area contributed by atoms with E-state index in [1.165, 1.54) is 16.0 Å². The van der Waals surface area contributed by atoms with Crippen molar-refractivity contribution in [2.75, 3.05) is 13.2 Å². The number of rotatable bonds is 7. The lowest BCUT2D eigenvalue weighted by Crippen LogP contribution is -2.07. The Hall–Kier alpha value is -1.23. The van der Waals surface area contributed by atoms with Gasteiger partial charge >= 0.3 is 0 Å². The molecule has 0 amide bonds. The molecule has 2 aromatic rings. The third-order valence-corrected chi connectivity index (χ3v) is 4.10. The minimum absolute atomic E-state index is 0.661. The van der Waals surface area contributed by atoms with Gasteiger partial charge in [0.1, 0.15) is 0 Å². The van der Waals surface area contributed by atoms with Gasteiger partial charge in [0.05, 0.1) is 24.4 Å². The van der Waals surface area contributed by atoms with E-state index in [0.29, 0.717) is 13.2 Å². The summed E-state index contributed by atoms with van der Waals surface area (Å²) in [5, 5.41) is 0. The molecule has 1 aromatic carbocycles. The Kier molecular flexibility index (Phi) is 5.51. The van der Waals surface area contributed by atoms with E-state index in [9.17, 15) is 0 Å². The predicted octanol–water partition coefficient (Wildman–Crippen LogP) is 2.71. The summed E-state index contributed by atoms with van der Waals surface area (Å²) in [4.78, 5) is 5.56. The summed E-state index contributed by atoms with van der Waals surface area (Å²) < 4.78 is 5.77. The van der Waals surface area contributed by atoms with Crippen molar-refractivity contribution in [2.45, 2.75) is 26.4 Å². The maximum Gasteiger partial charge on any atom is 0.0797 e. The number of thiazole rings is 1. The molecule has 0 aliphatic heterocycles. The van der Waals surface area contributed by atoms with Crippen LogP contribution in [-0.2, 0) is 24.2 Å². The van der Waals surface area contributed by atoms with Crippen LogP contribution in [-0.4, -0.2) is 18.1 Å². The monoisotopic (exact) mass is 276 g/mol. The molecule has 0 radical (unpaired) electrons. The fourth-order valence-electron chi connectivity index (χ4n) is 2.01. The Morgan fingerprint density at radius 1 is 1.21 bits per heavy atom. The van der Waals surface area contributed by atoms with Crippen molar-refractivity contribution < 1.29 is 4.74 Å². The summed E-state index contributed by atoms with van der Waals surface area (Å²) in [5.41, 5.74) is 11.2. The van der Waals surface area contributed by atoms with Crippen LogP contribution in [0.5, 0.6) is 0 Å². The van der Waals surface area contributed by atoms with Crippen molar-refractivity contribution in [3.8, 4) is 0 Å². The largest absolute Gasteiger partial charge is 0.376 e. The highest BCUT2D eigenvalue weighted by atomic mass is 32.1. The fourth-order valence-corrected chi connectivity index (χ4v) is 2.77. The molecule has 19 heavy (non-hydrogen) atoms. The molecule has 0 spiro atoms. The molecule has 4 heteroatoms. The van der Waals surface area contributed by atoms with Gasteiger partial charge in [0.15, 0.2) is 0 Å². The maximum absolute atomic E-state index is 5.77. The Balaban J connectivity index is 1.81. The molecule has 2 rings (SSSR count). The van der Waals surface area contributed by atoms with E-state index in [-0.39, 0.29) is 0 Å². The van der Waals surface area contributed by atoms with Crippen LogP contribution >= 0.6 is 11.3 Å². The molecule has 0 atom stereocenters. The molecule has 0 aliphatic rings. The van der Waals surface area contributed by atoms with Crippen molar-refractivity contribution in [3.63, 3.8) is 0 Å². The van der Waals surface area contributed by atoms with Gasteiger partial charge in [-0.2, -0.15) is 0 Å². The second kappa shape index (κ2) is 7.38. The molecule has 0 unspecified atom stereocenters. The number of hydrogen-bond acceptors (Lipinski definition) is 4. The van der Waals surface area contributed by atoms with Crippen LogP contribution in [0.1, 0.15) is 21.7 Å². The summed E-state index contributed by atoms with van der Waals surface area (Å²) in [7, 11) is 0. The Morgan fingerprint density at radius 2 is 2.00 bits per heavy atom. The van der Waals surface area contributed by atoms with E-state index >= 15 is 0 Å². The normalized spacial score (nSPS) is 10.8. The molecule has 0 aliphatic carbocycles. The second-order valence-electron chi connectivity index (χ2n) is 4.47. The number of nitrogens with two attached hydrogens (primary N) is 1. The molecular formula is C15H20N2OS. The summed E-state index contributed by atoms with van der Waals surface area (Å²) in [5.74, 6) is 0. The standard InChI is InChI=1S/C15H20N2OS/c1-12-15(19-11-17-12)7-9-18-10-14-5-3-2-4-13(14)6-8-16/h2-5,11H,6-10,16H2,1H3. The number of benzene rings is 1. The highest BCUT2D eigenvalue weighted by Crippen LogP contribution is 2.14. The maximum atomic E-state index is 5.77. The number of aryl methyl sites for hydroxylation is 1. The van der Waals surface area contributed by atoms with Crippen LogP contribution < -0.4 is 5.73 Å². The van der Waals surface area contributed by atoms with Crippen LogP contribution in [0.25, 0.3) is 0 Å². The van der Waals surface area contributed by atoms with Crippen LogP contribution in [0.2, 0.25) is 0 Å². The lowest BCUT2D eigenvalue weighted by Gasteiger charge is -2.09. The van der Waals surface area contributed by atoms with Crippen LogP contribution in [0.3, 0.4) is 0 Å². The Morgan fingerprint density at radius 3 is 2.68 bits per heavy atom. The summed E-state index contributed by atoms with van der Waals surface area (Å²) >= 11 is 1.70. The lowest BCUT2D eigenvalue weighted by molar-refractivity contribution is 0.123. The van der Waals surface area contributed by atoms with Gasteiger partial charge in [-0.1, -0.05) is 24.3 Å². The van der Waals surface area contributed by atoms with E-state index in [2.05, 4.69) is 23.2 Å². The summed E-state index contributed by atoms with van der Waals surface area (Å²) in [6.07, 6.45) is 1.85. The quantitative estimate of drug-likeness (QED) is 0.791. The molecular weight excluding hydrogens is 256 g/mol. The van der Waals surface area contributed by atoms with Gasteiger partial charge in [0.2, 0.25) is 0 Å². The van der Waals surface area contributed by atoms with Gasteiger partial charge in [0.25, 0.3) is 0 Å². The summed E-state index contributed by atoms with van der Waals surface area (Å²) in [6, 6.07) is 8.34. The Labute approximate surface area is 118 Å². The molecule has 3 nitrogen and oxygen atoms in total. The zero-order chi connectivity index (χ0) is 13.5. The van der Waals surface area contributed by atoms with Crippen molar-refractivity contribution in [3.05, 3.63) is 51.5 Å². The topological polar surface area (TPSA) is 48.1 Å². The average Bonchev–Trinajstić information content (AvgIpc) is 2.82. The predicted molar refractivity (Wildman–Crippen MR) is 79.4 cm³/mol.